The minimum atomic E-state index is 0.146. The Hall–Kier alpha value is -0.0800. The third-order valence-corrected chi connectivity index (χ3v) is 3.92. The van der Waals surface area contributed by atoms with E-state index in [9.17, 15) is 0 Å². The highest BCUT2D eigenvalue weighted by Crippen LogP contribution is 2.37. The number of hydrogen-bond acceptors (Lipinski definition) is 2. The summed E-state index contributed by atoms with van der Waals surface area (Å²) < 4.78 is 0. The Bertz CT molecular complexity index is 183. The summed E-state index contributed by atoms with van der Waals surface area (Å²) in [5.41, 5.74) is 0.146. The lowest BCUT2D eigenvalue weighted by Gasteiger charge is -2.32. The maximum Gasteiger partial charge on any atom is 0.0613 e. The van der Waals surface area contributed by atoms with Crippen molar-refractivity contribution in [2.45, 2.75) is 51.0 Å². The molecule has 2 saturated carbocycles. The summed E-state index contributed by atoms with van der Waals surface area (Å²) in [5, 5.41) is 12.6. The van der Waals surface area contributed by atoms with E-state index in [-0.39, 0.29) is 5.54 Å². The smallest absolute Gasteiger partial charge is 0.0613 e. The molecule has 0 atom stereocenters. The molecule has 0 spiro atoms. The summed E-state index contributed by atoms with van der Waals surface area (Å²) in [4.78, 5) is 0. The first-order chi connectivity index (χ1) is 6.74. The van der Waals surface area contributed by atoms with Crippen LogP contribution in [0.1, 0.15) is 45.4 Å². The van der Waals surface area contributed by atoms with Crippen molar-refractivity contribution in [2.24, 2.45) is 11.8 Å². The molecule has 2 N–H and O–H groups in total. The van der Waals surface area contributed by atoms with E-state index in [4.69, 9.17) is 5.11 Å². The highest BCUT2D eigenvalue weighted by molar-refractivity contribution is 5.01. The lowest BCUT2D eigenvalue weighted by atomic mass is 9.74. The summed E-state index contributed by atoms with van der Waals surface area (Å²) in [6, 6.07) is 0. The fourth-order valence-corrected chi connectivity index (χ4v) is 2.59. The molecule has 2 aliphatic rings. The number of aliphatic hydroxyl groups is 1. The van der Waals surface area contributed by atoms with Crippen LogP contribution in [0.2, 0.25) is 0 Å². The van der Waals surface area contributed by atoms with Crippen LogP contribution in [-0.4, -0.2) is 23.8 Å². The van der Waals surface area contributed by atoms with Gasteiger partial charge in [0.25, 0.3) is 0 Å². The SMILES string of the molecule is CC1CC(CCCNC2(CO)CC2)C1. The van der Waals surface area contributed by atoms with Crippen molar-refractivity contribution in [2.75, 3.05) is 13.2 Å². The van der Waals surface area contributed by atoms with Crippen molar-refractivity contribution in [3.8, 4) is 0 Å². The van der Waals surface area contributed by atoms with Crippen LogP contribution in [0.15, 0.2) is 0 Å². The molecule has 0 aromatic rings. The molecule has 2 fully saturated rings. The highest BCUT2D eigenvalue weighted by Gasteiger charge is 2.41. The van der Waals surface area contributed by atoms with Gasteiger partial charge in [0.15, 0.2) is 0 Å². The summed E-state index contributed by atoms with van der Waals surface area (Å²) >= 11 is 0. The summed E-state index contributed by atoms with van der Waals surface area (Å²) in [5.74, 6) is 2.00. The van der Waals surface area contributed by atoms with Gasteiger partial charge in [-0.05, 0) is 56.9 Å². The third-order valence-electron chi connectivity index (χ3n) is 3.92. The Labute approximate surface area is 87.1 Å². The van der Waals surface area contributed by atoms with Gasteiger partial charge < -0.3 is 10.4 Å². The van der Waals surface area contributed by atoms with E-state index < -0.39 is 0 Å². The van der Waals surface area contributed by atoms with Crippen molar-refractivity contribution in [3.05, 3.63) is 0 Å². The van der Waals surface area contributed by atoms with Gasteiger partial charge in [-0.1, -0.05) is 6.92 Å². The normalized spacial score (nSPS) is 33.9. The summed E-state index contributed by atoms with van der Waals surface area (Å²) in [6.07, 6.45) is 7.92. The largest absolute Gasteiger partial charge is 0.394 e. The van der Waals surface area contributed by atoms with E-state index in [1.165, 1.54) is 38.5 Å². The Balaban J connectivity index is 1.48. The molecule has 14 heavy (non-hydrogen) atoms. The van der Waals surface area contributed by atoms with Gasteiger partial charge in [-0.2, -0.15) is 0 Å². The van der Waals surface area contributed by atoms with E-state index in [1.807, 2.05) is 0 Å². The van der Waals surface area contributed by atoms with Crippen LogP contribution in [0.3, 0.4) is 0 Å². The van der Waals surface area contributed by atoms with E-state index in [0.29, 0.717) is 6.61 Å². The van der Waals surface area contributed by atoms with Gasteiger partial charge >= 0.3 is 0 Å². The molecule has 2 rings (SSSR count). The summed E-state index contributed by atoms with van der Waals surface area (Å²) in [7, 11) is 0. The maximum atomic E-state index is 9.09. The quantitative estimate of drug-likeness (QED) is 0.638. The predicted molar refractivity (Wildman–Crippen MR) is 58.2 cm³/mol. The number of nitrogens with one attached hydrogen (secondary N) is 1. The molecule has 0 bridgehead atoms. The van der Waals surface area contributed by atoms with Crippen molar-refractivity contribution >= 4 is 0 Å². The predicted octanol–water partition coefficient (Wildman–Crippen LogP) is 1.93. The molecule has 0 radical (unpaired) electrons. The summed E-state index contributed by atoms with van der Waals surface area (Å²) in [6.45, 7) is 3.78. The van der Waals surface area contributed by atoms with Gasteiger partial charge in [0.1, 0.15) is 0 Å². The molecular formula is C12H23NO. The van der Waals surface area contributed by atoms with Crippen LogP contribution in [0, 0.1) is 11.8 Å². The molecular weight excluding hydrogens is 174 g/mol. The minimum Gasteiger partial charge on any atom is -0.394 e. The van der Waals surface area contributed by atoms with Gasteiger partial charge in [0, 0.05) is 5.54 Å². The van der Waals surface area contributed by atoms with Gasteiger partial charge in [-0.25, -0.2) is 0 Å². The van der Waals surface area contributed by atoms with E-state index in [2.05, 4.69) is 12.2 Å². The van der Waals surface area contributed by atoms with Crippen LogP contribution >= 0.6 is 0 Å². The highest BCUT2D eigenvalue weighted by atomic mass is 16.3. The molecule has 82 valence electrons. The lowest BCUT2D eigenvalue weighted by Crippen LogP contribution is -2.35. The zero-order chi connectivity index (χ0) is 10.0. The lowest BCUT2D eigenvalue weighted by molar-refractivity contribution is 0.191. The van der Waals surface area contributed by atoms with Crippen LogP contribution < -0.4 is 5.32 Å². The van der Waals surface area contributed by atoms with Crippen LogP contribution in [0.25, 0.3) is 0 Å². The molecule has 0 aromatic carbocycles. The molecule has 2 heteroatoms. The van der Waals surface area contributed by atoms with Gasteiger partial charge in [-0.3, -0.25) is 0 Å². The fourth-order valence-electron chi connectivity index (χ4n) is 2.59. The van der Waals surface area contributed by atoms with E-state index in [1.54, 1.807) is 0 Å². The molecule has 2 aliphatic carbocycles. The van der Waals surface area contributed by atoms with Crippen LogP contribution in [0.5, 0.6) is 0 Å². The minimum absolute atomic E-state index is 0.146. The number of hydrogen-bond donors (Lipinski definition) is 2. The average Bonchev–Trinajstić information content (AvgIpc) is 2.90. The molecule has 0 heterocycles. The van der Waals surface area contributed by atoms with Gasteiger partial charge in [-0.15, -0.1) is 0 Å². The number of aliphatic hydroxyl groups excluding tert-OH is 1. The van der Waals surface area contributed by atoms with Crippen LogP contribution in [-0.2, 0) is 0 Å². The Kier molecular flexibility index (Phi) is 3.13. The van der Waals surface area contributed by atoms with Crippen molar-refractivity contribution < 1.29 is 5.11 Å². The van der Waals surface area contributed by atoms with Crippen molar-refractivity contribution in [1.29, 1.82) is 0 Å². The van der Waals surface area contributed by atoms with Gasteiger partial charge in [0.05, 0.1) is 6.61 Å². The Morgan fingerprint density at radius 2 is 2.07 bits per heavy atom. The zero-order valence-corrected chi connectivity index (χ0v) is 9.26. The van der Waals surface area contributed by atoms with E-state index in [0.717, 1.165) is 18.4 Å². The Morgan fingerprint density at radius 1 is 1.36 bits per heavy atom. The number of rotatable bonds is 6. The molecule has 0 amide bonds. The zero-order valence-electron chi connectivity index (χ0n) is 9.26. The first-order valence-electron chi connectivity index (χ1n) is 6.10. The standard InChI is InChI=1S/C12H23NO/c1-10-7-11(8-10)3-2-6-13-12(9-14)4-5-12/h10-11,13-14H,2-9H2,1H3. The second-order valence-corrected chi connectivity index (χ2v) is 5.45. The second kappa shape index (κ2) is 4.19. The third kappa shape index (κ3) is 2.48. The molecule has 0 aromatic heterocycles. The first-order valence-corrected chi connectivity index (χ1v) is 6.10. The fraction of sp³-hybridized carbons (Fsp3) is 1.00. The molecule has 0 aliphatic heterocycles. The van der Waals surface area contributed by atoms with Crippen LogP contribution in [0.4, 0.5) is 0 Å². The van der Waals surface area contributed by atoms with Crippen molar-refractivity contribution in [3.63, 3.8) is 0 Å². The van der Waals surface area contributed by atoms with Gasteiger partial charge in [0.2, 0.25) is 0 Å². The first kappa shape index (κ1) is 10.4. The van der Waals surface area contributed by atoms with Crippen molar-refractivity contribution in [1.82, 2.24) is 5.32 Å². The monoisotopic (exact) mass is 197 g/mol. The second-order valence-electron chi connectivity index (χ2n) is 5.45. The topological polar surface area (TPSA) is 32.3 Å². The average molecular weight is 197 g/mol. The maximum absolute atomic E-state index is 9.09. The van der Waals surface area contributed by atoms with E-state index >= 15 is 0 Å². The molecule has 2 nitrogen and oxygen atoms in total. The molecule has 0 saturated heterocycles. The Morgan fingerprint density at radius 3 is 2.57 bits per heavy atom. The molecule has 0 unspecified atom stereocenters.